The second-order valence-electron chi connectivity index (χ2n) is 5.18. The van der Waals surface area contributed by atoms with Crippen LogP contribution >= 0.6 is 0 Å². The number of pyridine rings is 1. The van der Waals surface area contributed by atoms with Gasteiger partial charge in [-0.1, -0.05) is 0 Å². The molecule has 0 spiro atoms. The molecule has 128 valence electrons. The van der Waals surface area contributed by atoms with Gasteiger partial charge in [0.05, 0.1) is 12.8 Å². The van der Waals surface area contributed by atoms with Gasteiger partial charge in [-0.15, -0.1) is 0 Å². The number of carboxylic acids is 1. The standard InChI is InChI=1S/C16H14F3NO4/c1-8-7-12(24-3)9(2)6-11(8)20-13(16(17,18)19)5-4-10(14(20)21)15(22)23/h4-7H,1-3H3,(H,22,23). The predicted octanol–water partition coefficient (Wildman–Crippen LogP) is 3.18. The molecule has 0 saturated heterocycles. The summed E-state index contributed by atoms with van der Waals surface area (Å²) >= 11 is 0. The molecule has 0 saturated carbocycles. The Hall–Kier alpha value is -2.77. The maximum absolute atomic E-state index is 13.3. The predicted molar refractivity (Wildman–Crippen MR) is 80.0 cm³/mol. The lowest BCUT2D eigenvalue weighted by atomic mass is 10.1. The van der Waals surface area contributed by atoms with Crippen molar-refractivity contribution in [3.63, 3.8) is 0 Å². The third-order valence-electron chi connectivity index (χ3n) is 3.56. The van der Waals surface area contributed by atoms with Gasteiger partial charge in [0.2, 0.25) is 0 Å². The number of aryl methyl sites for hydroxylation is 2. The van der Waals surface area contributed by atoms with Crippen molar-refractivity contribution in [2.45, 2.75) is 20.0 Å². The first-order valence-corrected chi connectivity index (χ1v) is 6.80. The number of carboxylic acid groups (broad SMARTS) is 1. The number of hydrogen-bond acceptors (Lipinski definition) is 3. The lowest BCUT2D eigenvalue weighted by Gasteiger charge is -2.19. The van der Waals surface area contributed by atoms with E-state index in [1.54, 1.807) is 6.92 Å². The number of ether oxygens (including phenoxy) is 1. The Morgan fingerprint density at radius 2 is 1.79 bits per heavy atom. The molecule has 0 fully saturated rings. The van der Waals surface area contributed by atoms with E-state index in [4.69, 9.17) is 9.84 Å². The third kappa shape index (κ3) is 2.99. The fourth-order valence-corrected chi connectivity index (χ4v) is 2.40. The van der Waals surface area contributed by atoms with Gasteiger partial charge in [-0.3, -0.25) is 9.36 Å². The Morgan fingerprint density at radius 1 is 1.17 bits per heavy atom. The number of hydrogen-bond donors (Lipinski definition) is 1. The number of rotatable bonds is 3. The number of nitrogens with zero attached hydrogens (tertiary/aromatic N) is 1. The highest BCUT2D eigenvalue weighted by molar-refractivity contribution is 5.87. The van der Waals surface area contributed by atoms with Gasteiger partial charge in [0.25, 0.3) is 5.56 Å². The van der Waals surface area contributed by atoms with Crippen LogP contribution < -0.4 is 10.3 Å². The number of carbonyl (C=O) groups is 1. The molecule has 1 N–H and O–H groups in total. The summed E-state index contributed by atoms with van der Waals surface area (Å²) in [6.45, 7) is 3.12. The first kappa shape index (κ1) is 17.6. The van der Waals surface area contributed by atoms with Gasteiger partial charge < -0.3 is 9.84 Å². The molecular formula is C16H14F3NO4. The van der Waals surface area contributed by atoms with Crippen LogP contribution in [0.5, 0.6) is 5.75 Å². The normalized spacial score (nSPS) is 11.4. The molecule has 0 aliphatic carbocycles. The van der Waals surface area contributed by atoms with Crippen molar-refractivity contribution in [1.29, 1.82) is 0 Å². The number of alkyl halides is 3. The average Bonchev–Trinajstić information content (AvgIpc) is 2.47. The first-order chi connectivity index (χ1) is 11.1. The van der Waals surface area contributed by atoms with E-state index in [1.807, 2.05) is 0 Å². The average molecular weight is 341 g/mol. The van der Waals surface area contributed by atoms with Crippen molar-refractivity contribution < 1.29 is 27.8 Å². The molecule has 0 aliphatic heterocycles. The van der Waals surface area contributed by atoms with E-state index in [0.29, 0.717) is 33.6 Å². The van der Waals surface area contributed by atoms with Gasteiger partial charge in [0.1, 0.15) is 17.0 Å². The maximum Gasteiger partial charge on any atom is 0.431 e. The van der Waals surface area contributed by atoms with Crippen LogP contribution in [0.2, 0.25) is 0 Å². The largest absolute Gasteiger partial charge is 0.496 e. The lowest BCUT2D eigenvalue weighted by molar-refractivity contribution is -0.142. The Labute approximate surface area is 134 Å². The van der Waals surface area contributed by atoms with Crippen LogP contribution in [0.25, 0.3) is 5.69 Å². The zero-order chi connectivity index (χ0) is 18.2. The van der Waals surface area contributed by atoms with Crippen molar-refractivity contribution >= 4 is 5.97 Å². The molecule has 24 heavy (non-hydrogen) atoms. The highest BCUT2D eigenvalue weighted by atomic mass is 19.4. The van der Waals surface area contributed by atoms with Crippen LogP contribution in [-0.2, 0) is 6.18 Å². The van der Waals surface area contributed by atoms with Crippen LogP contribution in [0, 0.1) is 13.8 Å². The molecule has 0 atom stereocenters. The van der Waals surface area contributed by atoms with Crippen LogP contribution in [0.4, 0.5) is 13.2 Å². The van der Waals surface area contributed by atoms with E-state index in [1.165, 1.54) is 26.2 Å². The summed E-state index contributed by atoms with van der Waals surface area (Å²) in [5, 5.41) is 9.02. The number of halogens is 3. The van der Waals surface area contributed by atoms with Crippen molar-refractivity contribution in [3.05, 3.63) is 57.0 Å². The maximum atomic E-state index is 13.3. The monoisotopic (exact) mass is 341 g/mol. The topological polar surface area (TPSA) is 68.5 Å². The molecule has 2 aromatic rings. The quantitative estimate of drug-likeness (QED) is 0.931. The Kier molecular flexibility index (Phi) is 4.42. The molecule has 0 radical (unpaired) electrons. The second-order valence-corrected chi connectivity index (χ2v) is 5.18. The zero-order valence-electron chi connectivity index (χ0n) is 13.1. The minimum Gasteiger partial charge on any atom is -0.496 e. The smallest absolute Gasteiger partial charge is 0.431 e. The van der Waals surface area contributed by atoms with Gasteiger partial charge >= 0.3 is 12.1 Å². The van der Waals surface area contributed by atoms with E-state index in [-0.39, 0.29) is 5.69 Å². The molecule has 2 rings (SSSR count). The number of benzene rings is 1. The zero-order valence-corrected chi connectivity index (χ0v) is 13.1. The van der Waals surface area contributed by atoms with Crippen molar-refractivity contribution in [2.24, 2.45) is 0 Å². The number of methoxy groups -OCH3 is 1. The fourth-order valence-electron chi connectivity index (χ4n) is 2.40. The summed E-state index contributed by atoms with van der Waals surface area (Å²) in [5.41, 5.74) is -2.42. The molecule has 0 bridgehead atoms. The van der Waals surface area contributed by atoms with Gasteiger partial charge in [0.15, 0.2) is 0 Å². The minimum absolute atomic E-state index is 0.0475. The third-order valence-corrected chi connectivity index (χ3v) is 3.56. The molecule has 1 heterocycles. The summed E-state index contributed by atoms with van der Waals surface area (Å²) in [6.07, 6.45) is -4.82. The van der Waals surface area contributed by atoms with E-state index in [2.05, 4.69) is 0 Å². The summed E-state index contributed by atoms with van der Waals surface area (Å²) < 4.78 is 45.4. The molecule has 1 aromatic carbocycles. The highest BCUT2D eigenvalue weighted by Gasteiger charge is 2.36. The number of aromatic nitrogens is 1. The second kappa shape index (κ2) is 6.03. The number of aromatic carboxylic acids is 1. The summed E-state index contributed by atoms with van der Waals surface area (Å²) in [7, 11) is 1.42. The molecular weight excluding hydrogens is 327 g/mol. The summed E-state index contributed by atoms with van der Waals surface area (Å²) in [5.74, 6) is -1.14. The van der Waals surface area contributed by atoms with Gasteiger partial charge in [-0.25, -0.2) is 4.79 Å². The van der Waals surface area contributed by atoms with Crippen LogP contribution in [0.15, 0.2) is 29.1 Å². The summed E-state index contributed by atoms with van der Waals surface area (Å²) in [6, 6.07) is 4.10. The van der Waals surface area contributed by atoms with E-state index >= 15 is 0 Å². The van der Waals surface area contributed by atoms with Gasteiger partial charge in [-0.05, 0) is 49.2 Å². The van der Waals surface area contributed by atoms with Crippen LogP contribution in [-0.4, -0.2) is 22.8 Å². The Morgan fingerprint density at radius 3 is 2.29 bits per heavy atom. The van der Waals surface area contributed by atoms with Crippen LogP contribution in [0.1, 0.15) is 27.2 Å². The van der Waals surface area contributed by atoms with E-state index in [0.717, 1.165) is 0 Å². The SMILES string of the molecule is COc1cc(C)c(-n2c(C(F)(F)F)ccc(C(=O)O)c2=O)cc1C. The lowest BCUT2D eigenvalue weighted by Crippen LogP contribution is -2.31. The minimum atomic E-state index is -4.82. The van der Waals surface area contributed by atoms with Crippen molar-refractivity contribution in [3.8, 4) is 11.4 Å². The highest BCUT2D eigenvalue weighted by Crippen LogP contribution is 2.32. The molecule has 0 amide bonds. The molecule has 0 aliphatic rings. The fraction of sp³-hybridized carbons (Fsp3) is 0.250. The van der Waals surface area contributed by atoms with Gasteiger partial charge in [0, 0.05) is 0 Å². The Balaban J connectivity index is 2.91. The van der Waals surface area contributed by atoms with Crippen LogP contribution in [0.3, 0.4) is 0 Å². The van der Waals surface area contributed by atoms with Crippen molar-refractivity contribution in [1.82, 2.24) is 4.57 Å². The molecule has 5 nitrogen and oxygen atoms in total. The van der Waals surface area contributed by atoms with E-state index in [9.17, 15) is 22.8 Å². The van der Waals surface area contributed by atoms with E-state index < -0.39 is 29.0 Å². The van der Waals surface area contributed by atoms with Gasteiger partial charge in [-0.2, -0.15) is 13.2 Å². The molecule has 0 unspecified atom stereocenters. The molecule has 1 aromatic heterocycles. The van der Waals surface area contributed by atoms with Crippen molar-refractivity contribution in [2.75, 3.05) is 7.11 Å². The summed E-state index contributed by atoms with van der Waals surface area (Å²) in [4.78, 5) is 23.5. The first-order valence-electron chi connectivity index (χ1n) is 6.80. The Bertz CT molecular complexity index is 869. The molecule has 8 heteroatoms.